The summed E-state index contributed by atoms with van der Waals surface area (Å²) >= 11 is 1.51. The highest BCUT2D eigenvalue weighted by atomic mass is 32.1. The zero-order chi connectivity index (χ0) is 11.5. The first-order valence-electron chi connectivity index (χ1n) is 4.94. The van der Waals surface area contributed by atoms with Crippen LogP contribution in [0.2, 0.25) is 0 Å². The molecule has 0 saturated carbocycles. The Hall–Kier alpha value is -1.62. The molecular weight excluding hydrogens is 226 g/mol. The Morgan fingerprint density at radius 1 is 1.62 bits per heavy atom. The molecule has 1 aromatic carbocycles. The molecule has 0 bridgehead atoms. The molecule has 1 aromatic heterocycles. The van der Waals surface area contributed by atoms with E-state index in [9.17, 15) is 4.79 Å². The number of carboxylic acids is 1. The minimum absolute atomic E-state index is 0.426. The monoisotopic (exact) mass is 237 g/mol. The first-order valence-corrected chi connectivity index (χ1v) is 5.82. The predicted octanol–water partition coefficient (Wildman–Crippen LogP) is 2.54. The molecule has 0 radical (unpaired) electrons. The van der Waals surface area contributed by atoms with Crippen molar-refractivity contribution in [3.8, 4) is 5.75 Å². The number of fused-ring (bicyclic) bond motifs is 1. The fraction of sp³-hybridized carbons (Fsp3) is 0.273. The number of hydrogen-bond acceptors (Lipinski definition) is 4. The molecule has 0 fully saturated rings. The Kier molecular flexibility index (Phi) is 3.05. The molecule has 2 aromatic rings. The van der Waals surface area contributed by atoms with E-state index in [1.807, 2.05) is 12.1 Å². The van der Waals surface area contributed by atoms with Crippen LogP contribution in [0.1, 0.15) is 13.3 Å². The maximum atomic E-state index is 10.9. The van der Waals surface area contributed by atoms with E-state index in [1.54, 1.807) is 18.5 Å². The number of hydrogen-bond donors (Lipinski definition) is 1. The van der Waals surface area contributed by atoms with E-state index in [4.69, 9.17) is 9.84 Å². The van der Waals surface area contributed by atoms with Gasteiger partial charge in [0.2, 0.25) is 0 Å². The van der Waals surface area contributed by atoms with Crippen LogP contribution >= 0.6 is 11.3 Å². The Morgan fingerprint density at radius 2 is 2.44 bits per heavy atom. The number of thiazole rings is 1. The van der Waals surface area contributed by atoms with Crippen molar-refractivity contribution < 1.29 is 14.6 Å². The lowest BCUT2D eigenvalue weighted by atomic mass is 10.2. The van der Waals surface area contributed by atoms with Gasteiger partial charge in [-0.2, -0.15) is 0 Å². The molecule has 1 unspecified atom stereocenters. The second kappa shape index (κ2) is 4.49. The van der Waals surface area contributed by atoms with Gasteiger partial charge in [0.05, 0.1) is 10.2 Å². The van der Waals surface area contributed by atoms with Crippen molar-refractivity contribution in [3.05, 3.63) is 23.7 Å². The predicted molar refractivity (Wildman–Crippen MR) is 62.0 cm³/mol. The Balaban J connectivity index is 2.33. The van der Waals surface area contributed by atoms with Gasteiger partial charge in [0.1, 0.15) is 11.3 Å². The van der Waals surface area contributed by atoms with Gasteiger partial charge in [-0.1, -0.05) is 13.0 Å². The molecule has 16 heavy (non-hydrogen) atoms. The van der Waals surface area contributed by atoms with Gasteiger partial charge in [0.25, 0.3) is 0 Å². The highest BCUT2D eigenvalue weighted by molar-refractivity contribution is 7.16. The van der Waals surface area contributed by atoms with Crippen molar-refractivity contribution in [1.29, 1.82) is 0 Å². The number of benzene rings is 1. The number of rotatable bonds is 4. The van der Waals surface area contributed by atoms with Crippen LogP contribution in [-0.4, -0.2) is 22.2 Å². The van der Waals surface area contributed by atoms with E-state index in [0.717, 1.165) is 10.2 Å². The third kappa shape index (κ3) is 1.99. The molecule has 0 spiro atoms. The molecule has 0 aliphatic rings. The first kappa shape index (κ1) is 10.9. The summed E-state index contributed by atoms with van der Waals surface area (Å²) in [7, 11) is 0. The molecular formula is C11H11NO3S. The molecule has 5 heteroatoms. The second-order valence-electron chi connectivity index (χ2n) is 3.31. The molecule has 1 heterocycles. The summed E-state index contributed by atoms with van der Waals surface area (Å²) in [4.78, 5) is 15.0. The van der Waals surface area contributed by atoms with Crippen LogP contribution < -0.4 is 4.74 Å². The van der Waals surface area contributed by atoms with Gasteiger partial charge in [0, 0.05) is 0 Å². The molecule has 0 amide bonds. The van der Waals surface area contributed by atoms with Crippen LogP contribution in [0.25, 0.3) is 10.2 Å². The van der Waals surface area contributed by atoms with Crippen molar-refractivity contribution >= 4 is 27.5 Å². The smallest absolute Gasteiger partial charge is 0.344 e. The maximum Gasteiger partial charge on any atom is 0.344 e. The first-order chi connectivity index (χ1) is 7.72. The number of aromatic nitrogens is 1. The zero-order valence-corrected chi connectivity index (χ0v) is 9.53. The number of ether oxygens (including phenoxy) is 1. The topological polar surface area (TPSA) is 59.4 Å². The van der Waals surface area contributed by atoms with Gasteiger partial charge in [-0.25, -0.2) is 9.78 Å². The van der Waals surface area contributed by atoms with Crippen LogP contribution in [0.15, 0.2) is 23.7 Å². The van der Waals surface area contributed by atoms with E-state index in [-0.39, 0.29) is 0 Å². The van der Waals surface area contributed by atoms with Crippen molar-refractivity contribution in [2.45, 2.75) is 19.4 Å². The highest BCUT2D eigenvalue weighted by Crippen LogP contribution is 2.27. The number of carbonyl (C=O) groups is 1. The second-order valence-corrected chi connectivity index (χ2v) is 4.19. The lowest BCUT2D eigenvalue weighted by Gasteiger charge is -2.13. The molecule has 0 aliphatic heterocycles. The van der Waals surface area contributed by atoms with E-state index in [1.165, 1.54) is 11.3 Å². The molecule has 1 N–H and O–H groups in total. The number of nitrogens with zero attached hydrogens (tertiary/aromatic N) is 1. The average Bonchev–Trinajstić information content (AvgIpc) is 2.73. The summed E-state index contributed by atoms with van der Waals surface area (Å²) in [5.74, 6) is -0.414. The Bertz CT molecular complexity index is 509. The van der Waals surface area contributed by atoms with Gasteiger partial charge in [-0.05, 0) is 18.6 Å². The SMILES string of the molecule is CCC(Oc1cccc2scnc12)C(=O)O. The highest BCUT2D eigenvalue weighted by Gasteiger charge is 2.18. The minimum atomic E-state index is -0.949. The third-order valence-electron chi connectivity index (χ3n) is 2.24. The largest absolute Gasteiger partial charge is 0.479 e. The van der Waals surface area contributed by atoms with E-state index >= 15 is 0 Å². The lowest BCUT2D eigenvalue weighted by molar-refractivity contribution is -0.145. The van der Waals surface area contributed by atoms with Crippen molar-refractivity contribution in [2.75, 3.05) is 0 Å². The number of aliphatic carboxylic acids is 1. The van der Waals surface area contributed by atoms with E-state index < -0.39 is 12.1 Å². The van der Waals surface area contributed by atoms with Crippen LogP contribution in [0, 0.1) is 0 Å². The van der Waals surface area contributed by atoms with Gasteiger partial charge in [-0.3, -0.25) is 0 Å². The van der Waals surface area contributed by atoms with Gasteiger partial charge >= 0.3 is 5.97 Å². The number of carboxylic acid groups (broad SMARTS) is 1. The normalized spacial score (nSPS) is 12.6. The summed E-state index contributed by atoms with van der Waals surface area (Å²) in [5.41, 5.74) is 2.45. The van der Waals surface area contributed by atoms with Crippen molar-refractivity contribution in [3.63, 3.8) is 0 Å². The minimum Gasteiger partial charge on any atom is -0.479 e. The quantitative estimate of drug-likeness (QED) is 0.887. The summed E-state index contributed by atoms with van der Waals surface area (Å²) < 4.78 is 6.44. The summed E-state index contributed by atoms with van der Waals surface area (Å²) in [6.07, 6.45) is -0.386. The van der Waals surface area contributed by atoms with Crippen molar-refractivity contribution in [1.82, 2.24) is 4.98 Å². The standard InChI is InChI=1S/C11H11NO3S/c1-2-7(11(13)14)15-8-4-3-5-9-10(8)12-6-16-9/h3-7H,2H2,1H3,(H,13,14). The van der Waals surface area contributed by atoms with Crippen LogP contribution in [0.4, 0.5) is 0 Å². The van der Waals surface area contributed by atoms with E-state index in [0.29, 0.717) is 12.2 Å². The van der Waals surface area contributed by atoms with Gasteiger partial charge < -0.3 is 9.84 Å². The zero-order valence-electron chi connectivity index (χ0n) is 8.71. The molecule has 4 nitrogen and oxygen atoms in total. The van der Waals surface area contributed by atoms with Gasteiger partial charge in [-0.15, -0.1) is 11.3 Å². The molecule has 1 atom stereocenters. The third-order valence-corrected chi connectivity index (χ3v) is 3.03. The molecule has 2 rings (SSSR count). The molecule has 0 saturated heterocycles. The Morgan fingerprint density at radius 3 is 3.12 bits per heavy atom. The van der Waals surface area contributed by atoms with Gasteiger partial charge in [0.15, 0.2) is 6.10 Å². The molecule has 84 valence electrons. The molecule has 0 aliphatic carbocycles. The van der Waals surface area contributed by atoms with Crippen molar-refractivity contribution in [2.24, 2.45) is 0 Å². The van der Waals surface area contributed by atoms with E-state index in [2.05, 4.69) is 4.98 Å². The average molecular weight is 237 g/mol. The fourth-order valence-corrected chi connectivity index (χ4v) is 2.11. The lowest BCUT2D eigenvalue weighted by Crippen LogP contribution is -2.25. The maximum absolute atomic E-state index is 10.9. The summed E-state index contributed by atoms with van der Waals surface area (Å²) in [5, 5.41) is 8.91. The summed E-state index contributed by atoms with van der Waals surface area (Å²) in [6, 6.07) is 5.51. The van der Waals surface area contributed by atoms with Crippen LogP contribution in [0.5, 0.6) is 5.75 Å². The van der Waals surface area contributed by atoms with Crippen LogP contribution in [0.3, 0.4) is 0 Å². The fourth-order valence-electron chi connectivity index (χ4n) is 1.42. The Labute approximate surface area is 96.5 Å². The van der Waals surface area contributed by atoms with Crippen LogP contribution in [-0.2, 0) is 4.79 Å². The number of para-hydroxylation sites is 1. The summed E-state index contributed by atoms with van der Waals surface area (Å²) in [6.45, 7) is 1.78.